The van der Waals surface area contributed by atoms with Crippen LogP contribution in [-0.2, 0) is 23.1 Å². The zero-order valence-electron chi connectivity index (χ0n) is 19.0. The molecule has 4 rings (SSSR count). The fraction of sp³-hybridized carbons (Fsp3) is 0.269. The van der Waals surface area contributed by atoms with Crippen molar-refractivity contribution < 1.29 is 12.8 Å². The minimum Gasteiger partial charge on any atom is -0.330 e. The maximum Gasteiger partial charge on any atom is 0.268 e. The van der Waals surface area contributed by atoms with Crippen LogP contribution in [-0.4, -0.2) is 35.4 Å². The number of unbranched alkanes of at least 4 members (excludes halogenated alkanes) is 2. The molecule has 0 spiro atoms. The highest BCUT2D eigenvalue weighted by Gasteiger charge is 2.22. The Labute approximate surface area is 199 Å². The Morgan fingerprint density at radius 2 is 1.68 bits per heavy atom. The summed E-state index contributed by atoms with van der Waals surface area (Å²) in [5.41, 5.74) is 8.11. The molecule has 6 nitrogen and oxygen atoms in total. The van der Waals surface area contributed by atoms with Crippen molar-refractivity contribution in [3.63, 3.8) is 0 Å². The second-order valence-electron chi connectivity index (χ2n) is 8.33. The number of nitrogens with two attached hydrogens (primary N) is 1. The third-order valence-corrected chi connectivity index (χ3v) is 7.52. The molecule has 8 heteroatoms. The number of hydrogen-bond donors (Lipinski definition) is 1. The van der Waals surface area contributed by atoms with Gasteiger partial charge < -0.3 is 5.73 Å². The van der Waals surface area contributed by atoms with Gasteiger partial charge in [0.25, 0.3) is 10.0 Å². The van der Waals surface area contributed by atoms with Crippen molar-refractivity contribution >= 4 is 20.9 Å². The van der Waals surface area contributed by atoms with E-state index in [1.54, 1.807) is 48.8 Å². The van der Waals surface area contributed by atoms with Gasteiger partial charge in [0.2, 0.25) is 5.95 Å². The van der Waals surface area contributed by atoms with Gasteiger partial charge in [0.15, 0.2) is 0 Å². The summed E-state index contributed by atoms with van der Waals surface area (Å²) in [6, 6.07) is 19.1. The van der Waals surface area contributed by atoms with Crippen LogP contribution in [0.25, 0.3) is 10.9 Å². The Morgan fingerprint density at radius 3 is 2.41 bits per heavy atom. The molecule has 2 N–H and O–H groups in total. The van der Waals surface area contributed by atoms with Gasteiger partial charge in [-0.25, -0.2) is 17.4 Å². The number of pyridine rings is 1. The zero-order chi connectivity index (χ0) is 24.0. The number of para-hydroxylation sites is 1. The minimum absolute atomic E-state index is 0.248. The van der Waals surface area contributed by atoms with Gasteiger partial charge in [-0.2, -0.15) is 4.39 Å². The smallest absolute Gasteiger partial charge is 0.268 e. The summed E-state index contributed by atoms with van der Waals surface area (Å²) < 4.78 is 41.5. The maximum absolute atomic E-state index is 13.4. The summed E-state index contributed by atoms with van der Waals surface area (Å²) in [4.78, 5) is 6.27. The zero-order valence-corrected chi connectivity index (χ0v) is 19.8. The molecule has 0 unspecified atom stereocenters. The van der Waals surface area contributed by atoms with Crippen LogP contribution >= 0.6 is 0 Å². The van der Waals surface area contributed by atoms with E-state index < -0.39 is 16.0 Å². The minimum atomic E-state index is -3.74. The number of aromatic nitrogens is 2. The highest BCUT2D eigenvalue weighted by molar-refractivity contribution is 7.90. The number of fused-ring (bicyclic) bond motifs is 1. The van der Waals surface area contributed by atoms with Crippen molar-refractivity contribution in [1.29, 1.82) is 0 Å². The highest BCUT2D eigenvalue weighted by Crippen LogP contribution is 2.27. The largest absolute Gasteiger partial charge is 0.330 e. The molecule has 0 bridgehead atoms. The van der Waals surface area contributed by atoms with E-state index in [-0.39, 0.29) is 4.90 Å². The SMILES string of the molecule is NCCCCCN(Cc1ccc(F)nc1)Cc1cn(S(=O)(=O)c2ccccc2)c2ccccc12. The molecule has 2 aromatic heterocycles. The molecule has 0 fully saturated rings. The van der Waals surface area contributed by atoms with E-state index in [2.05, 4.69) is 9.88 Å². The van der Waals surface area contributed by atoms with Gasteiger partial charge >= 0.3 is 0 Å². The van der Waals surface area contributed by atoms with Gasteiger partial charge in [0.1, 0.15) is 0 Å². The Bertz CT molecular complexity index is 1320. The predicted molar refractivity (Wildman–Crippen MR) is 132 cm³/mol. The third kappa shape index (κ3) is 5.52. The van der Waals surface area contributed by atoms with Crippen LogP contribution < -0.4 is 5.73 Å². The fourth-order valence-corrected chi connectivity index (χ4v) is 5.53. The van der Waals surface area contributed by atoms with Crippen molar-refractivity contribution in [2.45, 2.75) is 37.2 Å². The first-order valence-electron chi connectivity index (χ1n) is 11.4. The van der Waals surface area contributed by atoms with Crippen LogP contribution in [0.15, 0.2) is 84.0 Å². The normalized spacial score (nSPS) is 12.0. The second kappa shape index (κ2) is 10.9. The molecule has 4 aromatic rings. The van der Waals surface area contributed by atoms with Crippen LogP contribution in [0.3, 0.4) is 0 Å². The lowest BCUT2D eigenvalue weighted by Crippen LogP contribution is -2.24. The topological polar surface area (TPSA) is 81.2 Å². The van der Waals surface area contributed by atoms with Crippen LogP contribution in [0.5, 0.6) is 0 Å². The second-order valence-corrected chi connectivity index (χ2v) is 10.1. The van der Waals surface area contributed by atoms with Gasteiger partial charge in [0.05, 0.1) is 10.4 Å². The third-order valence-electron chi connectivity index (χ3n) is 5.83. The molecular formula is C26H29FN4O2S. The van der Waals surface area contributed by atoms with E-state index in [0.29, 0.717) is 25.2 Å². The molecule has 0 atom stereocenters. The Morgan fingerprint density at radius 1 is 0.912 bits per heavy atom. The monoisotopic (exact) mass is 480 g/mol. The lowest BCUT2D eigenvalue weighted by atomic mass is 10.1. The fourth-order valence-electron chi connectivity index (χ4n) is 4.12. The lowest BCUT2D eigenvalue weighted by molar-refractivity contribution is 0.251. The number of nitrogens with zero attached hydrogens (tertiary/aromatic N) is 3. The quantitative estimate of drug-likeness (QED) is 0.252. The van der Waals surface area contributed by atoms with Crippen molar-refractivity contribution in [3.05, 3.63) is 96.2 Å². The molecule has 0 aliphatic heterocycles. The maximum atomic E-state index is 13.4. The van der Waals surface area contributed by atoms with Crippen molar-refractivity contribution in [1.82, 2.24) is 13.9 Å². The summed E-state index contributed by atoms with van der Waals surface area (Å²) in [5, 5.41) is 0.895. The Kier molecular flexibility index (Phi) is 7.72. The van der Waals surface area contributed by atoms with Crippen molar-refractivity contribution in [3.8, 4) is 0 Å². The van der Waals surface area contributed by atoms with Crippen molar-refractivity contribution in [2.75, 3.05) is 13.1 Å². The average Bonchev–Trinajstić information content (AvgIpc) is 3.23. The van der Waals surface area contributed by atoms with Crippen LogP contribution in [0.1, 0.15) is 30.4 Å². The highest BCUT2D eigenvalue weighted by atomic mass is 32.2. The van der Waals surface area contributed by atoms with Crippen LogP contribution in [0, 0.1) is 5.95 Å². The molecule has 0 radical (unpaired) electrons. The summed E-state index contributed by atoms with van der Waals surface area (Å²) in [6.07, 6.45) is 6.21. The molecule has 2 heterocycles. The summed E-state index contributed by atoms with van der Waals surface area (Å²) in [6.45, 7) is 2.60. The van der Waals surface area contributed by atoms with Gasteiger partial charge in [-0.15, -0.1) is 0 Å². The van der Waals surface area contributed by atoms with E-state index >= 15 is 0 Å². The number of benzene rings is 2. The Hall–Kier alpha value is -3.07. The number of rotatable bonds is 11. The van der Waals surface area contributed by atoms with Gasteiger partial charge in [-0.1, -0.05) is 48.9 Å². The summed E-state index contributed by atoms with van der Waals surface area (Å²) >= 11 is 0. The molecule has 0 saturated heterocycles. The lowest BCUT2D eigenvalue weighted by Gasteiger charge is -2.22. The van der Waals surface area contributed by atoms with Crippen LogP contribution in [0.4, 0.5) is 4.39 Å². The standard InChI is InChI=1S/C26H29FN4O2S/c27-26-14-13-21(17-29-26)18-30(16-8-2-7-15-28)19-22-20-31(25-12-6-5-11-24(22)25)34(32,33)23-9-3-1-4-10-23/h1,3-6,9-14,17,20H,2,7-8,15-16,18-19,28H2. The molecule has 0 saturated carbocycles. The molecule has 0 aliphatic carbocycles. The van der Waals surface area contributed by atoms with Crippen LogP contribution in [0.2, 0.25) is 0 Å². The average molecular weight is 481 g/mol. The molecular weight excluding hydrogens is 451 g/mol. The number of halogens is 1. The summed E-state index contributed by atoms with van der Waals surface area (Å²) in [7, 11) is -3.74. The first-order chi connectivity index (χ1) is 16.5. The molecule has 178 valence electrons. The van der Waals surface area contributed by atoms with Gasteiger partial charge in [0, 0.05) is 30.9 Å². The van der Waals surface area contributed by atoms with E-state index in [4.69, 9.17) is 5.73 Å². The molecule has 2 aromatic carbocycles. The van der Waals surface area contributed by atoms with Gasteiger partial charge in [-0.05, 0) is 61.3 Å². The van der Waals surface area contributed by atoms with E-state index in [0.717, 1.165) is 42.3 Å². The molecule has 34 heavy (non-hydrogen) atoms. The first kappa shape index (κ1) is 24.1. The van der Waals surface area contributed by atoms with Crippen molar-refractivity contribution in [2.24, 2.45) is 5.73 Å². The predicted octanol–water partition coefficient (Wildman–Crippen LogP) is 4.54. The van der Waals surface area contributed by atoms with E-state index in [1.165, 1.54) is 10.0 Å². The van der Waals surface area contributed by atoms with E-state index in [9.17, 15) is 12.8 Å². The van der Waals surface area contributed by atoms with E-state index in [1.807, 2.05) is 24.3 Å². The number of hydrogen-bond acceptors (Lipinski definition) is 5. The molecule has 0 amide bonds. The molecule has 0 aliphatic rings. The Balaban J connectivity index is 1.67. The summed E-state index contributed by atoms with van der Waals surface area (Å²) in [5.74, 6) is -0.507. The first-order valence-corrected chi connectivity index (χ1v) is 12.9. The van der Waals surface area contributed by atoms with Gasteiger partial charge in [-0.3, -0.25) is 4.90 Å².